The maximum absolute atomic E-state index is 12.2. The highest BCUT2D eigenvalue weighted by Crippen LogP contribution is 2.33. The van der Waals surface area contributed by atoms with Crippen molar-refractivity contribution in [3.8, 4) is 5.75 Å². The zero-order valence-corrected chi connectivity index (χ0v) is 10.9. The molecule has 0 spiro atoms. The Hall–Kier alpha value is -2.04. The van der Waals surface area contributed by atoms with Gasteiger partial charge in [0.05, 0.1) is 5.92 Å². The van der Waals surface area contributed by atoms with Gasteiger partial charge in [0, 0.05) is 11.6 Å². The second kappa shape index (κ2) is 5.30. The molecule has 0 aromatic heterocycles. The van der Waals surface area contributed by atoms with Crippen LogP contribution in [-0.2, 0) is 9.59 Å². The Morgan fingerprint density at radius 2 is 2.05 bits per heavy atom. The number of ether oxygens (including phenoxy) is 1. The van der Waals surface area contributed by atoms with Crippen LogP contribution in [0.5, 0.6) is 5.75 Å². The molecule has 0 saturated carbocycles. The Bertz CT molecular complexity index is 500. The number of benzene rings is 1. The molecule has 0 saturated heterocycles. The van der Waals surface area contributed by atoms with Gasteiger partial charge in [-0.1, -0.05) is 18.2 Å². The van der Waals surface area contributed by atoms with Gasteiger partial charge in [-0.2, -0.15) is 0 Å². The zero-order chi connectivity index (χ0) is 14.0. The van der Waals surface area contributed by atoms with Gasteiger partial charge >= 0.3 is 5.97 Å². The molecule has 5 heteroatoms. The lowest BCUT2D eigenvalue weighted by atomic mass is 9.98. The summed E-state index contributed by atoms with van der Waals surface area (Å²) >= 11 is 0. The van der Waals surface area contributed by atoms with E-state index in [-0.39, 0.29) is 11.8 Å². The summed E-state index contributed by atoms with van der Waals surface area (Å²) < 4.78 is 5.44. The van der Waals surface area contributed by atoms with Crippen molar-refractivity contribution in [1.82, 2.24) is 5.32 Å². The van der Waals surface area contributed by atoms with Gasteiger partial charge in [-0.25, -0.2) is 0 Å². The molecule has 5 nitrogen and oxygen atoms in total. The lowest BCUT2D eigenvalue weighted by Gasteiger charge is -2.19. The molecule has 2 N–H and O–H groups in total. The number of hydrogen-bond donors (Lipinski definition) is 2. The van der Waals surface area contributed by atoms with E-state index in [4.69, 9.17) is 9.84 Å². The van der Waals surface area contributed by atoms with E-state index in [0.29, 0.717) is 6.61 Å². The third-order valence-corrected chi connectivity index (χ3v) is 3.53. The molecule has 0 bridgehead atoms. The predicted molar refractivity (Wildman–Crippen MR) is 69.1 cm³/mol. The molecule has 19 heavy (non-hydrogen) atoms. The van der Waals surface area contributed by atoms with Gasteiger partial charge < -0.3 is 15.2 Å². The Balaban J connectivity index is 2.04. The van der Waals surface area contributed by atoms with Crippen molar-refractivity contribution >= 4 is 11.9 Å². The molecule has 1 aromatic carbocycles. The van der Waals surface area contributed by atoms with Crippen LogP contribution in [-0.4, -0.2) is 29.6 Å². The number of carboxylic acids is 1. The molecule has 1 aliphatic heterocycles. The number of carbonyl (C=O) groups is 2. The van der Waals surface area contributed by atoms with E-state index >= 15 is 0 Å². The minimum absolute atomic E-state index is 0.189. The van der Waals surface area contributed by atoms with Gasteiger partial charge in [0.25, 0.3) is 0 Å². The molecule has 1 aromatic rings. The number of fused-ring (bicyclic) bond motifs is 1. The second-order valence-corrected chi connectivity index (χ2v) is 4.83. The van der Waals surface area contributed by atoms with Crippen molar-refractivity contribution in [3.63, 3.8) is 0 Å². The number of para-hydroxylation sites is 1. The second-order valence-electron chi connectivity index (χ2n) is 4.83. The summed E-state index contributed by atoms with van der Waals surface area (Å²) in [5, 5.41) is 11.7. The van der Waals surface area contributed by atoms with Crippen LogP contribution in [0.1, 0.15) is 25.3 Å². The molecule has 2 rings (SSSR count). The highest BCUT2D eigenvalue weighted by molar-refractivity contribution is 5.86. The lowest BCUT2D eigenvalue weighted by molar-refractivity contribution is -0.142. The number of carboxylic acid groups (broad SMARTS) is 1. The van der Waals surface area contributed by atoms with Crippen LogP contribution in [0.4, 0.5) is 0 Å². The van der Waals surface area contributed by atoms with Crippen molar-refractivity contribution in [2.75, 3.05) is 6.61 Å². The summed E-state index contributed by atoms with van der Waals surface area (Å²) in [6.07, 6.45) is 0. The van der Waals surface area contributed by atoms with Crippen LogP contribution in [0.25, 0.3) is 0 Å². The molecule has 0 fully saturated rings. The number of hydrogen-bond acceptors (Lipinski definition) is 3. The van der Waals surface area contributed by atoms with E-state index < -0.39 is 17.9 Å². The topological polar surface area (TPSA) is 75.6 Å². The van der Waals surface area contributed by atoms with Crippen molar-refractivity contribution < 1.29 is 19.4 Å². The fraction of sp³-hybridized carbons (Fsp3) is 0.429. The van der Waals surface area contributed by atoms with Crippen LogP contribution in [0.3, 0.4) is 0 Å². The summed E-state index contributed by atoms with van der Waals surface area (Å²) in [6, 6.07) is 6.98. The summed E-state index contributed by atoms with van der Waals surface area (Å²) in [6.45, 7) is 3.57. The molecule has 0 radical (unpaired) electrons. The molecule has 0 aliphatic carbocycles. The molecular weight excluding hydrogens is 246 g/mol. The van der Waals surface area contributed by atoms with E-state index in [1.54, 1.807) is 13.8 Å². The number of amides is 1. The average Bonchev–Trinajstić information content (AvgIpc) is 2.81. The number of aliphatic carboxylic acids is 1. The minimum Gasteiger partial charge on any atom is -0.492 e. The minimum atomic E-state index is -0.920. The summed E-state index contributed by atoms with van der Waals surface area (Å²) in [7, 11) is 0. The van der Waals surface area contributed by atoms with Crippen molar-refractivity contribution in [2.45, 2.75) is 25.8 Å². The molecule has 102 valence electrons. The monoisotopic (exact) mass is 263 g/mol. The third kappa shape index (κ3) is 2.70. The number of carbonyl (C=O) groups excluding carboxylic acids is 1. The lowest BCUT2D eigenvalue weighted by Crippen LogP contribution is -2.42. The van der Waals surface area contributed by atoms with Crippen molar-refractivity contribution in [2.24, 2.45) is 5.92 Å². The van der Waals surface area contributed by atoms with Gasteiger partial charge in [-0.15, -0.1) is 0 Å². The van der Waals surface area contributed by atoms with E-state index in [1.807, 2.05) is 24.3 Å². The summed E-state index contributed by atoms with van der Waals surface area (Å²) in [5.74, 6) is -1.37. The molecule has 3 unspecified atom stereocenters. The smallest absolute Gasteiger partial charge is 0.308 e. The van der Waals surface area contributed by atoms with Crippen LogP contribution in [0.2, 0.25) is 0 Å². The molecule has 1 amide bonds. The molecule has 1 aliphatic rings. The van der Waals surface area contributed by atoms with Crippen molar-refractivity contribution in [1.29, 1.82) is 0 Å². The van der Waals surface area contributed by atoms with Crippen LogP contribution >= 0.6 is 0 Å². The fourth-order valence-corrected chi connectivity index (χ4v) is 2.04. The first-order valence-electron chi connectivity index (χ1n) is 6.25. The van der Waals surface area contributed by atoms with Gasteiger partial charge in [0.15, 0.2) is 0 Å². The average molecular weight is 263 g/mol. The Kier molecular flexibility index (Phi) is 3.74. The first-order valence-corrected chi connectivity index (χ1v) is 6.25. The quantitative estimate of drug-likeness (QED) is 0.860. The van der Waals surface area contributed by atoms with E-state index in [0.717, 1.165) is 11.3 Å². The molecule has 1 heterocycles. The predicted octanol–water partition coefficient (Wildman–Crippen LogP) is 1.39. The Morgan fingerprint density at radius 3 is 2.74 bits per heavy atom. The fourth-order valence-electron chi connectivity index (χ4n) is 2.04. The Labute approximate surface area is 111 Å². The molecular formula is C14H17NO4. The number of nitrogens with one attached hydrogen (secondary N) is 1. The van der Waals surface area contributed by atoms with Crippen molar-refractivity contribution in [3.05, 3.63) is 29.8 Å². The summed E-state index contributed by atoms with van der Waals surface area (Å²) in [5.41, 5.74) is 0.857. The van der Waals surface area contributed by atoms with Gasteiger partial charge in [-0.3, -0.25) is 9.59 Å². The largest absolute Gasteiger partial charge is 0.492 e. The highest BCUT2D eigenvalue weighted by atomic mass is 16.5. The van der Waals surface area contributed by atoms with Gasteiger partial charge in [0.2, 0.25) is 5.91 Å². The van der Waals surface area contributed by atoms with E-state index in [2.05, 4.69) is 5.32 Å². The Morgan fingerprint density at radius 1 is 1.37 bits per heavy atom. The SMILES string of the molecule is CC(NC(=O)C1COc2ccccc21)C(C)C(=O)O. The normalized spacial score (nSPS) is 20.0. The zero-order valence-electron chi connectivity index (χ0n) is 10.9. The third-order valence-electron chi connectivity index (χ3n) is 3.53. The number of rotatable bonds is 4. The highest BCUT2D eigenvalue weighted by Gasteiger charge is 2.32. The van der Waals surface area contributed by atoms with Crippen LogP contribution in [0.15, 0.2) is 24.3 Å². The van der Waals surface area contributed by atoms with Gasteiger partial charge in [-0.05, 0) is 19.9 Å². The maximum Gasteiger partial charge on any atom is 0.308 e. The first-order chi connectivity index (χ1) is 9.00. The van der Waals surface area contributed by atoms with Gasteiger partial charge in [0.1, 0.15) is 18.3 Å². The first kappa shape index (κ1) is 13.4. The molecule has 3 atom stereocenters. The van der Waals surface area contributed by atoms with Crippen LogP contribution < -0.4 is 10.1 Å². The van der Waals surface area contributed by atoms with Crippen LogP contribution in [0, 0.1) is 5.92 Å². The standard InChI is InChI=1S/C14H17NO4/c1-8(14(17)18)9(2)15-13(16)11-7-19-12-6-4-3-5-10(11)12/h3-6,8-9,11H,7H2,1-2H3,(H,15,16)(H,17,18). The van der Waals surface area contributed by atoms with E-state index in [9.17, 15) is 9.59 Å². The van der Waals surface area contributed by atoms with E-state index in [1.165, 1.54) is 0 Å². The summed E-state index contributed by atoms with van der Waals surface area (Å²) in [4.78, 5) is 23.0. The maximum atomic E-state index is 12.2.